The summed E-state index contributed by atoms with van der Waals surface area (Å²) in [6.07, 6.45) is 1.48. The minimum atomic E-state index is -2.19. The summed E-state index contributed by atoms with van der Waals surface area (Å²) in [4.78, 5) is 0. The highest BCUT2D eigenvalue weighted by Gasteiger charge is 2.27. The summed E-state index contributed by atoms with van der Waals surface area (Å²) in [6, 6.07) is 0. The van der Waals surface area contributed by atoms with Gasteiger partial charge in [-0.1, -0.05) is 13.3 Å². The first kappa shape index (κ1) is 16.1. The molecule has 1 aromatic carbocycles. The zero-order valence-corrected chi connectivity index (χ0v) is 11.0. The average molecular weight is 300 g/mol. The Morgan fingerprint density at radius 1 is 0.947 bits per heavy atom. The van der Waals surface area contributed by atoms with Gasteiger partial charge < -0.3 is 4.74 Å². The third-order valence-corrected chi connectivity index (χ3v) is 3.10. The van der Waals surface area contributed by atoms with Crippen molar-refractivity contribution in [3.05, 3.63) is 29.1 Å². The molecule has 0 amide bonds. The van der Waals surface area contributed by atoms with E-state index < -0.39 is 34.8 Å². The molecule has 0 fully saturated rings. The van der Waals surface area contributed by atoms with E-state index in [-0.39, 0.29) is 12.5 Å². The lowest BCUT2D eigenvalue weighted by atomic mass is 10.1. The fourth-order valence-electron chi connectivity index (χ4n) is 1.55. The Hall–Kier alpha value is -0.980. The van der Waals surface area contributed by atoms with Crippen molar-refractivity contribution in [3.8, 4) is 5.75 Å². The summed E-state index contributed by atoms with van der Waals surface area (Å²) in [5.41, 5.74) is 0. The number of hydrogen-bond acceptors (Lipinski definition) is 2. The monoisotopic (exact) mass is 300 g/mol. The quantitative estimate of drug-likeness (QED) is 0.360. The van der Waals surface area contributed by atoms with Crippen LogP contribution in [0.25, 0.3) is 0 Å². The van der Waals surface area contributed by atoms with Gasteiger partial charge in [-0.15, -0.1) is 0 Å². The van der Waals surface area contributed by atoms with Crippen LogP contribution in [0, 0.1) is 35.0 Å². The van der Waals surface area contributed by atoms with Crippen molar-refractivity contribution in [2.24, 2.45) is 5.92 Å². The molecule has 0 aliphatic carbocycles. The molecular formula is C12H13F5OS. The molecule has 0 radical (unpaired) electrons. The van der Waals surface area contributed by atoms with Gasteiger partial charge in [0, 0.05) is 5.92 Å². The van der Waals surface area contributed by atoms with Crippen molar-refractivity contribution < 1.29 is 26.7 Å². The molecule has 0 saturated carbocycles. The highest BCUT2D eigenvalue weighted by atomic mass is 32.1. The Morgan fingerprint density at radius 3 is 1.84 bits per heavy atom. The van der Waals surface area contributed by atoms with Crippen LogP contribution in [-0.4, -0.2) is 12.4 Å². The molecule has 19 heavy (non-hydrogen) atoms. The van der Waals surface area contributed by atoms with Gasteiger partial charge in [0.05, 0.1) is 6.61 Å². The summed E-state index contributed by atoms with van der Waals surface area (Å²) in [6.45, 7) is 1.74. The molecule has 1 nitrogen and oxygen atoms in total. The lowest BCUT2D eigenvalue weighted by molar-refractivity contribution is 0.222. The van der Waals surface area contributed by atoms with Gasteiger partial charge in [-0.3, -0.25) is 0 Å². The first-order chi connectivity index (χ1) is 8.93. The van der Waals surface area contributed by atoms with E-state index in [2.05, 4.69) is 12.6 Å². The summed E-state index contributed by atoms with van der Waals surface area (Å²) in [7, 11) is 0. The predicted octanol–water partition coefficient (Wildman–Crippen LogP) is 4.11. The van der Waals surface area contributed by atoms with Gasteiger partial charge in [0.15, 0.2) is 5.75 Å². The molecule has 108 valence electrons. The Bertz CT molecular complexity index is 423. The maximum atomic E-state index is 13.3. The van der Waals surface area contributed by atoms with Crippen LogP contribution >= 0.6 is 12.6 Å². The molecule has 1 rings (SSSR count). The van der Waals surface area contributed by atoms with E-state index in [1.165, 1.54) is 0 Å². The minimum Gasteiger partial charge on any atom is -0.487 e. The Balaban J connectivity index is 2.95. The topological polar surface area (TPSA) is 9.23 Å². The van der Waals surface area contributed by atoms with Crippen LogP contribution in [-0.2, 0) is 0 Å². The van der Waals surface area contributed by atoms with Crippen LogP contribution in [0.2, 0.25) is 0 Å². The maximum Gasteiger partial charge on any atom is 0.206 e. The van der Waals surface area contributed by atoms with E-state index in [0.29, 0.717) is 12.2 Å². The molecule has 1 aromatic rings. The third kappa shape index (κ3) is 3.52. The first-order valence-electron chi connectivity index (χ1n) is 5.69. The standard InChI is InChI=1S/C12H13F5OS/c1-2-3-6(5-19)4-18-12-10(16)8(14)7(13)9(15)11(12)17/h6,19H,2-5H2,1H3. The second-order valence-electron chi connectivity index (χ2n) is 4.05. The van der Waals surface area contributed by atoms with Crippen molar-refractivity contribution in [3.63, 3.8) is 0 Å². The number of ether oxygens (including phenoxy) is 1. The highest BCUT2D eigenvalue weighted by Crippen LogP contribution is 2.29. The summed E-state index contributed by atoms with van der Waals surface area (Å²) in [5, 5.41) is 0. The van der Waals surface area contributed by atoms with E-state index >= 15 is 0 Å². The van der Waals surface area contributed by atoms with Gasteiger partial charge in [-0.05, 0) is 12.2 Å². The van der Waals surface area contributed by atoms with Crippen LogP contribution in [0.4, 0.5) is 22.0 Å². The van der Waals surface area contributed by atoms with Gasteiger partial charge in [0.1, 0.15) is 0 Å². The molecule has 0 bridgehead atoms. The smallest absolute Gasteiger partial charge is 0.206 e. The fraction of sp³-hybridized carbons (Fsp3) is 0.500. The van der Waals surface area contributed by atoms with Gasteiger partial charge in [-0.25, -0.2) is 13.2 Å². The van der Waals surface area contributed by atoms with E-state index in [0.717, 1.165) is 6.42 Å². The van der Waals surface area contributed by atoms with E-state index in [9.17, 15) is 22.0 Å². The van der Waals surface area contributed by atoms with Gasteiger partial charge in [0.25, 0.3) is 0 Å². The predicted molar refractivity (Wildman–Crippen MR) is 64.0 cm³/mol. The Labute approximate surface area is 113 Å². The van der Waals surface area contributed by atoms with E-state index in [4.69, 9.17) is 4.74 Å². The van der Waals surface area contributed by atoms with Gasteiger partial charge in [-0.2, -0.15) is 21.4 Å². The zero-order valence-electron chi connectivity index (χ0n) is 10.2. The second-order valence-corrected chi connectivity index (χ2v) is 4.41. The van der Waals surface area contributed by atoms with Crippen LogP contribution in [0.5, 0.6) is 5.75 Å². The molecule has 7 heteroatoms. The van der Waals surface area contributed by atoms with Crippen LogP contribution in [0.15, 0.2) is 0 Å². The molecule has 1 atom stereocenters. The fourth-order valence-corrected chi connectivity index (χ4v) is 1.84. The van der Waals surface area contributed by atoms with Gasteiger partial charge in [0.2, 0.25) is 29.1 Å². The first-order valence-corrected chi connectivity index (χ1v) is 6.32. The normalized spacial score (nSPS) is 12.6. The lowest BCUT2D eigenvalue weighted by Gasteiger charge is -2.16. The molecular weight excluding hydrogens is 287 g/mol. The summed E-state index contributed by atoms with van der Waals surface area (Å²) < 4.78 is 69.9. The van der Waals surface area contributed by atoms with Crippen molar-refractivity contribution in [2.45, 2.75) is 19.8 Å². The number of halogens is 5. The molecule has 0 aromatic heterocycles. The number of hydrogen-bond donors (Lipinski definition) is 1. The zero-order chi connectivity index (χ0) is 14.6. The number of benzene rings is 1. The van der Waals surface area contributed by atoms with E-state index in [1.54, 1.807) is 0 Å². The van der Waals surface area contributed by atoms with Gasteiger partial charge >= 0.3 is 0 Å². The molecule has 1 unspecified atom stereocenters. The molecule has 0 spiro atoms. The molecule has 0 aliphatic rings. The Kier molecular flexibility index (Phi) is 5.90. The minimum absolute atomic E-state index is 0.122. The highest BCUT2D eigenvalue weighted by molar-refractivity contribution is 7.80. The molecule has 0 aliphatic heterocycles. The lowest BCUT2D eigenvalue weighted by Crippen LogP contribution is -2.16. The maximum absolute atomic E-state index is 13.3. The van der Waals surface area contributed by atoms with Crippen molar-refractivity contribution >= 4 is 12.6 Å². The summed E-state index contributed by atoms with van der Waals surface area (Å²) in [5.74, 6) is -11.1. The average Bonchev–Trinajstić information content (AvgIpc) is 2.41. The largest absolute Gasteiger partial charge is 0.487 e. The number of rotatable bonds is 6. The Morgan fingerprint density at radius 2 is 1.42 bits per heavy atom. The van der Waals surface area contributed by atoms with Crippen molar-refractivity contribution in [1.29, 1.82) is 0 Å². The molecule has 0 N–H and O–H groups in total. The van der Waals surface area contributed by atoms with Crippen LogP contribution < -0.4 is 4.74 Å². The second kappa shape index (κ2) is 6.98. The molecule has 0 saturated heterocycles. The van der Waals surface area contributed by atoms with Crippen molar-refractivity contribution in [1.82, 2.24) is 0 Å². The summed E-state index contributed by atoms with van der Waals surface area (Å²) >= 11 is 4.03. The van der Waals surface area contributed by atoms with Crippen molar-refractivity contribution in [2.75, 3.05) is 12.4 Å². The van der Waals surface area contributed by atoms with Crippen LogP contribution in [0.3, 0.4) is 0 Å². The van der Waals surface area contributed by atoms with E-state index in [1.807, 2.05) is 6.92 Å². The third-order valence-electron chi connectivity index (χ3n) is 2.59. The molecule has 0 heterocycles. The van der Waals surface area contributed by atoms with Crippen LogP contribution in [0.1, 0.15) is 19.8 Å². The number of thiol groups is 1. The SMILES string of the molecule is CCCC(CS)COc1c(F)c(F)c(F)c(F)c1F.